The van der Waals surface area contributed by atoms with E-state index in [2.05, 4.69) is 37.4 Å². The van der Waals surface area contributed by atoms with E-state index in [-0.39, 0.29) is 38.6 Å². The second kappa shape index (κ2) is 16.1. The molecule has 0 unspecified atom stereocenters. The van der Waals surface area contributed by atoms with Crippen LogP contribution in [0.1, 0.15) is 22.3 Å². The van der Waals surface area contributed by atoms with Gasteiger partial charge in [0, 0.05) is 9.52 Å². The molecule has 0 heterocycles. The summed E-state index contributed by atoms with van der Waals surface area (Å²) in [5.74, 6) is 0. The predicted octanol–water partition coefficient (Wildman–Crippen LogP) is 8.89. The van der Waals surface area contributed by atoms with E-state index in [0.717, 1.165) is 88.7 Å². The molecule has 0 atom stereocenters. The largest absolute Gasteiger partial charge is 3.00 e. The Morgan fingerprint density at radius 2 is 0.844 bits per heavy atom. The van der Waals surface area contributed by atoms with Gasteiger partial charge in [0.25, 0.3) is 0 Å². The summed E-state index contributed by atoms with van der Waals surface area (Å²) in [6.07, 6.45) is -8.58. The van der Waals surface area contributed by atoms with Crippen LogP contribution in [0.3, 0.4) is 0 Å². The summed E-state index contributed by atoms with van der Waals surface area (Å²) in [5, 5.41) is 4.37. The van der Waals surface area contributed by atoms with Gasteiger partial charge in [-0.2, -0.15) is 38.5 Å². The number of aryl methyl sites for hydroxylation is 2. The molecule has 0 saturated carbocycles. The smallest absolute Gasteiger partial charge is 1.00 e. The van der Waals surface area contributed by atoms with E-state index < -0.39 is 23.5 Å². The number of benzene rings is 4. The summed E-state index contributed by atoms with van der Waals surface area (Å²) in [7, 11) is 1.08. The molecular weight excluding hydrogens is 701 g/mol. The van der Waals surface area contributed by atoms with Crippen molar-refractivity contribution in [3.8, 4) is 22.3 Å². The van der Waals surface area contributed by atoms with E-state index in [1.54, 1.807) is 0 Å². The van der Waals surface area contributed by atoms with Crippen molar-refractivity contribution in [2.24, 2.45) is 0 Å². The third kappa shape index (κ3) is 9.54. The van der Waals surface area contributed by atoms with Gasteiger partial charge in [-0.1, -0.05) is 74.5 Å². The van der Waals surface area contributed by atoms with Crippen molar-refractivity contribution in [3.05, 3.63) is 131 Å². The van der Waals surface area contributed by atoms with Crippen LogP contribution in [-0.2, 0) is 38.6 Å². The molecular formula is C36H30ClF6SiZr. The molecule has 0 aliphatic carbocycles. The van der Waals surface area contributed by atoms with Gasteiger partial charge in [0.2, 0.25) is 0 Å². The molecule has 6 rings (SSSR count). The second-order valence-electron chi connectivity index (χ2n) is 10.3. The Bertz CT molecular complexity index is 1660. The van der Waals surface area contributed by atoms with Crippen LogP contribution in [0.15, 0.2) is 109 Å². The van der Waals surface area contributed by atoms with Crippen molar-refractivity contribution < 1.29 is 65.0 Å². The summed E-state index contributed by atoms with van der Waals surface area (Å²) in [6, 6.07) is 30.6. The fraction of sp³-hybridized carbons (Fsp3) is 0.167. The quantitative estimate of drug-likeness (QED) is 0.0949. The Morgan fingerprint density at radius 3 is 1.13 bits per heavy atom. The van der Waals surface area contributed by atoms with Crippen LogP contribution in [0.2, 0.25) is 13.1 Å². The summed E-state index contributed by atoms with van der Waals surface area (Å²) in [6.45, 7) is 8.33. The molecule has 45 heavy (non-hydrogen) atoms. The van der Waals surface area contributed by atoms with E-state index >= 15 is 0 Å². The third-order valence-electron chi connectivity index (χ3n) is 6.84. The zero-order valence-corrected chi connectivity index (χ0v) is 29.3. The molecule has 0 spiro atoms. The summed E-state index contributed by atoms with van der Waals surface area (Å²) < 4.78 is 75.5. The minimum Gasteiger partial charge on any atom is -1.00 e. The van der Waals surface area contributed by atoms with Gasteiger partial charge in [0.1, 0.15) is 0 Å². The first-order chi connectivity index (χ1) is 20.3. The van der Waals surface area contributed by atoms with Crippen molar-refractivity contribution >= 4 is 31.1 Å². The standard InChI is InChI=1S/2C17H12F3.C2H6Si.ClH.Zr/c2*1-11-9-13-3-2-4-15(16(13)10-11)12-5-7-14(8-6-12)17(18,19)20;1-3-2;;/h2*2-10H,1H3;1-2H3;1H;/q2*-1;;;+3/p-1. The number of hydrogen-bond acceptors (Lipinski definition) is 0. The van der Waals surface area contributed by atoms with E-state index in [0.29, 0.717) is 0 Å². The van der Waals surface area contributed by atoms with Crippen molar-refractivity contribution in [1.82, 2.24) is 0 Å². The van der Waals surface area contributed by atoms with Crippen LogP contribution in [0, 0.1) is 13.8 Å². The molecule has 0 saturated heterocycles. The Morgan fingerprint density at radius 1 is 0.533 bits per heavy atom. The normalized spacial score (nSPS) is 11.1. The van der Waals surface area contributed by atoms with E-state index in [1.807, 2.05) is 50.2 Å². The molecule has 9 heteroatoms. The van der Waals surface area contributed by atoms with Gasteiger partial charge in [-0.05, 0) is 35.4 Å². The van der Waals surface area contributed by atoms with Gasteiger partial charge in [0.15, 0.2) is 0 Å². The van der Waals surface area contributed by atoms with Gasteiger partial charge < -0.3 is 12.4 Å². The minimum atomic E-state index is -4.29. The number of hydrogen-bond donors (Lipinski definition) is 0. The van der Waals surface area contributed by atoms with Crippen LogP contribution < -0.4 is 12.4 Å². The van der Waals surface area contributed by atoms with Gasteiger partial charge >= 0.3 is 38.6 Å². The van der Waals surface area contributed by atoms with Crippen LogP contribution in [0.4, 0.5) is 26.3 Å². The molecule has 231 valence electrons. The zero-order valence-electron chi connectivity index (χ0n) is 25.0. The molecule has 6 aromatic carbocycles. The van der Waals surface area contributed by atoms with E-state index in [1.165, 1.54) is 24.3 Å². The third-order valence-corrected chi connectivity index (χ3v) is 6.84. The molecule has 0 nitrogen and oxygen atoms in total. The number of rotatable bonds is 2. The Balaban J connectivity index is 0.000000277. The average molecular weight is 731 g/mol. The molecule has 0 bridgehead atoms. The van der Waals surface area contributed by atoms with E-state index in [4.69, 9.17) is 0 Å². The van der Waals surface area contributed by atoms with Crippen molar-refractivity contribution in [1.29, 1.82) is 0 Å². The van der Waals surface area contributed by atoms with Gasteiger partial charge in [-0.3, -0.25) is 0 Å². The summed E-state index contributed by atoms with van der Waals surface area (Å²) >= 11 is 0. The summed E-state index contributed by atoms with van der Waals surface area (Å²) in [5.41, 5.74) is 4.59. The van der Waals surface area contributed by atoms with Gasteiger partial charge in [0.05, 0.1) is 11.1 Å². The van der Waals surface area contributed by atoms with Crippen molar-refractivity contribution in [3.63, 3.8) is 0 Å². The van der Waals surface area contributed by atoms with Crippen molar-refractivity contribution in [2.75, 3.05) is 0 Å². The SMILES string of the molecule is C[Si]C.Cc1cc2c(-c3ccc(C(F)(F)F)cc3)cccc2[cH-]1.Cc1cc2c(-c3ccc(C(F)(F)F)cc3)cccc2[cH-]1.[Cl-].[Zr+3]. The maximum atomic E-state index is 12.6. The average Bonchev–Trinajstić information content (AvgIpc) is 3.53. The Hall–Kier alpha value is -2.93. The first-order valence-electron chi connectivity index (χ1n) is 13.6. The molecule has 3 radical (unpaired) electrons. The van der Waals surface area contributed by atoms with Gasteiger partial charge in [-0.25, -0.2) is 0 Å². The molecule has 0 amide bonds. The monoisotopic (exact) mass is 729 g/mol. The van der Waals surface area contributed by atoms with Gasteiger partial charge in [-0.15, -0.1) is 69.1 Å². The first kappa shape index (κ1) is 38.3. The number of halogens is 7. The molecule has 0 N–H and O–H groups in total. The maximum Gasteiger partial charge on any atom is 3.00 e. The molecule has 0 aliphatic heterocycles. The molecule has 0 aromatic heterocycles. The zero-order chi connectivity index (χ0) is 31.4. The van der Waals surface area contributed by atoms with E-state index in [9.17, 15) is 26.3 Å². The van der Waals surface area contributed by atoms with Crippen LogP contribution in [-0.4, -0.2) is 9.52 Å². The van der Waals surface area contributed by atoms with Crippen LogP contribution >= 0.6 is 0 Å². The number of fused-ring (bicyclic) bond motifs is 2. The fourth-order valence-corrected chi connectivity index (χ4v) is 4.95. The minimum absolute atomic E-state index is 0. The van der Waals surface area contributed by atoms with Crippen LogP contribution in [0.5, 0.6) is 0 Å². The van der Waals surface area contributed by atoms with Crippen molar-refractivity contribution in [2.45, 2.75) is 39.3 Å². The molecule has 0 aliphatic rings. The van der Waals surface area contributed by atoms with Crippen LogP contribution in [0.25, 0.3) is 43.8 Å². The predicted molar refractivity (Wildman–Crippen MR) is 167 cm³/mol. The number of alkyl halides is 6. The summed E-state index contributed by atoms with van der Waals surface area (Å²) in [4.78, 5) is 0. The second-order valence-corrected chi connectivity index (χ2v) is 11.3. The first-order valence-corrected chi connectivity index (χ1v) is 15.6. The fourth-order valence-electron chi connectivity index (χ4n) is 4.95. The topological polar surface area (TPSA) is 0 Å². The maximum absolute atomic E-state index is 12.6. The Labute approximate surface area is 287 Å². The molecule has 6 aromatic rings. The Kier molecular flexibility index (Phi) is 13.7. The molecule has 0 fully saturated rings.